The van der Waals surface area contributed by atoms with E-state index in [1.165, 1.54) is 47.3 Å². The molecule has 264 valence electrons. The predicted molar refractivity (Wildman–Crippen MR) is 196 cm³/mol. The second kappa shape index (κ2) is 12.6. The van der Waals surface area contributed by atoms with Crippen LogP contribution in [0.3, 0.4) is 0 Å². The standard InChI is InChI=1S/C19H12BrF3N4.C19H12BrFN4O/c1-18(2)19(22,23)16-12(4-3-5-14(16)21)17(26-18)10-6-15-13(20)7-11(8-24)27(15)25-9-10;1-19(2)18(26)16-12(4-3-5-14(16)21)17(24-19)10-6-15-13(20)7-11(8-22)25(15)23-9-10/h3-7,9H,1-2H3;3-7,9H,1-2H3. The lowest BCUT2D eigenvalue weighted by Crippen LogP contribution is -2.44. The van der Waals surface area contributed by atoms with Crippen LogP contribution in [0.15, 0.2) is 92.0 Å². The summed E-state index contributed by atoms with van der Waals surface area (Å²) in [6.45, 7) is 5.87. The van der Waals surface area contributed by atoms with Crippen molar-refractivity contribution < 1.29 is 22.4 Å². The van der Waals surface area contributed by atoms with E-state index < -0.39 is 34.2 Å². The van der Waals surface area contributed by atoms with E-state index in [0.717, 1.165) is 10.5 Å². The van der Waals surface area contributed by atoms with Crippen LogP contribution in [0.25, 0.3) is 11.0 Å². The highest BCUT2D eigenvalue weighted by Gasteiger charge is 2.54. The quantitative estimate of drug-likeness (QED) is 0.161. The van der Waals surface area contributed by atoms with Gasteiger partial charge in [0, 0.05) is 31.2 Å². The van der Waals surface area contributed by atoms with Crippen LogP contribution in [0.2, 0.25) is 0 Å². The molecule has 15 heteroatoms. The molecule has 9 nitrogen and oxygen atoms in total. The van der Waals surface area contributed by atoms with Crippen molar-refractivity contribution in [3.63, 3.8) is 0 Å². The average molecular weight is 844 g/mol. The summed E-state index contributed by atoms with van der Waals surface area (Å²) >= 11 is 6.79. The van der Waals surface area contributed by atoms with Crippen molar-refractivity contribution in [1.29, 1.82) is 10.5 Å². The first kappa shape index (κ1) is 35.9. The fourth-order valence-corrected chi connectivity index (χ4v) is 7.35. The molecule has 0 bridgehead atoms. The van der Waals surface area contributed by atoms with Crippen LogP contribution < -0.4 is 0 Å². The Morgan fingerprint density at radius 1 is 0.717 bits per heavy atom. The number of halogens is 6. The van der Waals surface area contributed by atoms with Gasteiger partial charge in [0.25, 0.3) is 0 Å². The molecule has 0 radical (unpaired) electrons. The lowest BCUT2D eigenvalue weighted by molar-refractivity contribution is -0.0710. The third-order valence-electron chi connectivity index (χ3n) is 9.10. The van der Waals surface area contributed by atoms with Gasteiger partial charge in [-0.1, -0.05) is 24.3 Å². The minimum atomic E-state index is -3.46. The summed E-state index contributed by atoms with van der Waals surface area (Å²) < 4.78 is 62.8. The number of carbonyl (C=O) groups is 1. The molecule has 0 saturated heterocycles. The summed E-state index contributed by atoms with van der Waals surface area (Å²) in [5.74, 6) is -5.34. The molecule has 0 N–H and O–H groups in total. The number of hydrogen-bond acceptors (Lipinski definition) is 7. The van der Waals surface area contributed by atoms with Crippen LogP contribution in [-0.4, -0.2) is 47.5 Å². The van der Waals surface area contributed by atoms with E-state index in [-0.39, 0.29) is 22.6 Å². The first-order valence-electron chi connectivity index (χ1n) is 15.9. The highest BCUT2D eigenvalue weighted by molar-refractivity contribution is 9.11. The van der Waals surface area contributed by atoms with Crippen LogP contribution >= 0.6 is 31.9 Å². The van der Waals surface area contributed by atoms with Crippen LogP contribution in [0.5, 0.6) is 0 Å². The van der Waals surface area contributed by atoms with Gasteiger partial charge in [-0.3, -0.25) is 14.8 Å². The van der Waals surface area contributed by atoms with Gasteiger partial charge in [-0.2, -0.15) is 29.5 Å². The van der Waals surface area contributed by atoms with Crippen molar-refractivity contribution in [3.8, 4) is 12.1 Å². The third kappa shape index (κ3) is 5.66. The summed E-state index contributed by atoms with van der Waals surface area (Å²) in [6, 6.07) is 19.2. The number of ketones is 1. The summed E-state index contributed by atoms with van der Waals surface area (Å²) in [4.78, 5) is 21.5. The first-order chi connectivity index (χ1) is 25.0. The number of fused-ring (bicyclic) bond motifs is 4. The lowest BCUT2D eigenvalue weighted by Gasteiger charge is -2.37. The zero-order valence-electron chi connectivity index (χ0n) is 28.2. The van der Waals surface area contributed by atoms with Gasteiger partial charge in [-0.05, 0) is 96.0 Å². The average Bonchev–Trinajstić information content (AvgIpc) is 3.62. The zero-order valence-corrected chi connectivity index (χ0v) is 31.4. The van der Waals surface area contributed by atoms with Crippen molar-refractivity contribution in [2.24, 2.45) is 9.98 Å². The summed E-state index contributed by atoms with van der Waals surface area (Å²) in [6.07, 6.45) is 3.01. The molecule has 0 aliphatic carbocycles. The molecular weight excluding hydrogens is 820 g/mol. The van der Waals surface area contributed by atoms with Crippen LogP contribution in [-0.2, 0) is 5.92 Å². The Morgan fingerprint density at radius 2 is 1.21 bits per heavy atom. The fraction of sp³-hybridized carbons (Fsp3) is 0.184. The highest BCUT2D eigenvalue weighted by Crippen LogP contribution is 2.48. The summed E-state index contributed by atoms with van der Waals surface area (Å²) in [5, 5.41) is 26.9. The molecule has 0 spiro atoms. The second-order valence-electron chi connectivity index (χ2n) is 13.3. The molecule has 4 aromatic heterocycles. The van der Waals surface area contributed by atoms with Crippen molar-refractivity contribution in [1.82, 2.24) is 19.2 Å². The van der Waals surface area contributed by atoms with Crippen LogP contribution in [0, 0.1) is 34.3 Å². The molecule has 6 heterocycles. The number of carbonyl (C=O) groups excluding carboxylic acids is 1. The monoisotopic (exact) mass is 842 g/mol. The van der Waals surface area contributed by atoms with E-state index in [0.29, 0.717) is 49.3 Å². The van der Waals surface area contributed by atoms with Gasteiger partial charge in [0.2, 0.25) is 0 Å². The molecule has 2 aliphatic rings. The molecule has 8 rings (SSSR count). The number of Topliss-reactive ketones (excluding diaryl/α,β-unsaturated/α-hetero) is 1. The normalized spacial score (nSPS) is 16.4. The number of rotatable bonds is 2. The third-order valence-corrected chi connectivity index (χ3v) is 10.4. The van der Waals surface area contributed by atoms with Gasteiger partial charge in [0.15, 0.2) is 5.78 Å². The van der Waals surface area contributed by atoms with Crippen LogP contribution in [0.4, 0.5) is 17.6 Å². The first-order valence-corrected chi connectivity index (χ1v) is 17.5. The summed E-state index contributed by atoms with van der Waals surface area (Å²) in [5.41, 5.74) is 0.808. The molecule has 53 heavy (non-hydrogen) atoms. The molecule has 2 aromatic carbocycles. The van der Waals surface area contributed by atoms with Crippen molar-refractivity contribution in [3.05, 3.63) is 138 Å². The predicted octanol–water partition coefficient (Wildman–Crippen LogP) is 8.75. The lowest BCUT2D eigenvalue weighted by atomic mass is 9.81. The Labute approximate surface area is 316 Å². The maximum absolute atomic E-state index is 14.9. The number of aliphatic imine (C=N–C) groups is 2. The number of aromatic nitrogens is 4. The molecule has 0 amide bonds. The number of alkyl halides is 2. The van der Waals surface area contributed by atoms with E-state index in [9.17, 15) is 32.9 Å². The molecule has 0 fully saturated rings. The molecule has 6 aromatic rings. The number of hydrogen-bond donors (Lipinski definition) is 0. The Balaban J connectivity index is 0.000000164. The second-order valence-corrected chi connectivity index (χ2v) is 15.0. The van der Waals surface area contributed by atoms with Gasteiger partial charge >= 0.3 is 5.92 Å². The van der Waals surface area contributed by atoms with E-state index in [1.54, 1.807) is 50.4 Å². The van der Waals surface area contributed by atoms with E-state index in [4.69, 9.17) is 0 Å². The maximum atomic E-state index is 14.9. The molecular formula is C38H24Br2F4N8O. The van der Waals surface area contributed by atoms with Gasteiger partial charge in [0.05, 0.1) is 46.0 Å². The SMILES string of the molecule is CC1(C)N=C(c2cnn3c(C#N)cc(Br)c3c2)c2cccc(F)c2C1(F)F.CC1(C)N=C(c2cnn3c(C#N)cc(Br)c3c2)c2cccc(F)c2C1=O. The van der Waals surface area contributed by atoms with E-state index in [1.807, 2.05) is 12.1 Å². The number of nitriles is 2. The topological polar surface area (TPSA) is 124 Å². The molecule has 2 aliphatic heterocycles. The minimum absolute atomic E-state index is 0.0358. The van der Waals surface area contributed by atoms with Crippen molar-refractivity contribution in [2.45, 2.75) is 44.7 Å². The Morgan fingerprint density at radius 3 is 1.74 bits per heavy atom. The Bertz CT molecular complexity index is 2710. The molecule has 0 atom stereocenters. The van der Waals surface area contributed by atoms with Crippen molar-refractivity contribution in [2.75, 3.05) is 0 Å². The Hall–Kier alpha value is -5.51. The zero-order chi connectivity index (χ0) is 38.2. The highest BCUT2D eigenvalue weighted by atomic mass is 79.9. The van der Waals surface area contributed by atoms with Gasteiger partial charge < -0.3 is 0 Å². The van der Waals surface area contributed by atoms with Gasteiger partial charge in [-0.15, -0.1) is 0 Å². The Kier molecular flexibility index (Phi) is 8.51. The van der Waals surface area contributed by atoms with Crippen LogP contribution in [0.1, 0.15) is 77.3 Å². The molecule has 0 saturated carbocycles. The maximum Gasteiger partial charge on any atom is 0.300 e. The van der Waals surface area contributed by atoms with Crippen molar-refractivity contribution >= 4 is 60.1 Å². The molecule has 0 unspecified atom stereocenters. The largest absolute Gasteiger partial charge is 0.300 e. The summed E-state index contributed by atoms with van der Waals surface area (Å²) in [7, 11) is 0. The number of nitrogens with zero attached hydrogens (tertiary/aromatic N) is 8. The smallest absolute Gasteiger partial charge is 0.291 e. The van der Waals surface area contributed by atoms with Gasteiger partial charge in [-0.25, -0.2) is 17.8 Å². The number of benzene rings is 2. The van der Waals surface area contributed by atoms with E-state index in [2.05, 4.69) is 58.1 Å². The van der Waals surface area contributed by atoms with Gasteiger partial charge in [0.1, 0.15) is 46.2 Å². The van der Waals surface area contributed by atoms with E-state index >= 15 is 0 Å². The minimum Gasteiger partial charge on any atom is -0.291 e. The fourth-order valence-electron chi connectivity index (χ4n) is 6.35.